The second-order valence-corrected chi connectivity index (χ2v) is 11.0. The third kappa shape index (κ3) is 3.31. The van der Waals surface area contributed by atoms with Crippen molar-refractivity contribution in [1.82, 2.24) is 4.98 Å². The zero-order chi connectivity index (χ0) is 20.9. The van der Waals surface area contributed by atoms with Crippen LogP contribution in [0.25, 0.3) is 0 Å². The largest absolute Gasteiger partial charge is 0.302 e. The second-order valence-electron chi connectivity index (χ2n) is 9.74. The molecule has 3 aliphatic rings. The predicted molar refractivity (Wildman–Crippen MR) is 120 cm³/mol. The number of aryl methyl sites for hydroxylation is 2. The first kappa shape index (κ1) is 19.9. The third-order valence-electron chi connectivity index (χ3n) is 8.09. The number of Topliss-reactive ketones (excluding diaryl/α,β-unsaturated/α-hetero) is 1. The van der Waals surface area contributed by atoms with Gasteiger partial charge in [-0.05, 0) is 73.8 Å². The maximum absolute atomic E-state index is 13.1. The summed E-state index contributed by atoms with van der Waals surface area (Å²) in [5.41, 5.74) is 2.83. The number of nitrogens with zero attached hydrogens (tertiary/aromatic N) is 1. The van der Waals surface area contributed by atoms with Crippen molar-refractivity contribution in [2.24, 2.45) is 23.2 Å². The van der Waals surface area contributed by atoms with E-state index < -0.39 is 0 Å². The summed E-state index contributed by atoms with van der Waals surface area (Å²) in [6.45, 7) is 4.20. The highest BCUT2D eigenvalue weighted by Gasteiger charge is 2.58. The number of thiazole rings is 1. The molecule has 2 saturated carbocycles. The fraction of sp³-hybridized carbons (Fsp3) is 0.560. The molecule has 2 aromatic rings. The molecule has 0 radical (unpaired) electrons. The Morgan fingerprint density at radius 1 is 1.30 bits per heavy atom. The highest BCUT2D eigenvalue weighted by Crippen LogP contribution is 2.62. The minimum atomic E-state index is -0.193. The number of fused-ring (bicyclic) bond motifs is 5. The van der Waals surface area contributed by atoms with E-state index in [1.54, 1.807) is 6.20 Å². The van der Waals surface area contributed by atoms with E-state index in [0.717, 1.165) is 30.6 Å². The first-order valence-electron chi connectivity index (χ1n) is 11.3. The molecule has 1 aromatic heterocycles. The average molecular weight is 423 g/mol. The number of hydrogen-bond acceptors (Lipinski definition) is 4. The van der Waals surface area contributed by atoms with Crippen LogP contribution in [0.15, 0.2) is 30.5 Å². The summed E-state index contributed by atoms with van der Waals surface area (Å²) in [6.07, 6.45) is 8.11. The lowest BCUT2D eigenvalue weighted by atomic mass is 9.54. The Labute approximate surface area is 182 Å². The molecule has 1 heterocycles. The van der Waals surface area contributed by atoms with Crippen LogP contribution in [0.3, 0.4) is 0 Å². The van der Waals surface area contributed by atoms with Gasteiger partial charge >= 0.3 is 0 Å². The summed E-state index contributed by atoms with van der Waals surface area (Å²) >= 11 is 1.50. The van der Waals surface area contributed by atoms with Gasteiger partial charge in [-0.3, -0.25) is 9.59 Å². The first-order valence-corrected chi connectivity index (χ1v) is 12.1. The van der Waals surface area contributed by atoms with E-state index in [-0.39, 0.29) is 11.3 Å². The minimum absolute atomic E-state index is 0.0201. The zero-order valence-electron chi connectivity index (χ0n) is 17.8. The van der Waals surface area contributed by atoms with Crippen molar-refractivity contribution in [2.75, 3.05) is 5.32 Å². The summed E-state index contributed by atoms with van der Waals surface area (Å²) in [5.74, 6) is 2.34. The monoisotopic (exact) mass is 422 g/mol. The van der Waals surface area contributed by atoms with Crippen molar-refractivity contribution < 1.29 is 9.59 Å². The number of nitrogens with one attached hydrogen (secondary N) is 1. The van der Waals surface area contributed by atoms with Gasteiger partial charge in [0.05, 0.1) is 0 Å². The number of anilines is 1. The summed E-state index contributed by atoms with van der Waals surface area (Å²) in [7, 11) is 0. The number of aromatic nitrogens is 1. The topological polar surface area (TPSA) is 59.1 Å². The molecular formula is C25H30N2O2S. The van der Waals surface area contributed by atoms with E-state index in [4.69, 9.17) is 0 Å². The number of carbonyl (C=O) groups is 2. The molecular weight excluding hydrogens is 392 g/mol. The van der Waals surface area contributed by atoms with Crippen LogP contribution in [0.2, 0.25) is 0 Å². The Kier molecular flexibility index (Phi) is 5.04. The molecule has 5 heteroatoms. The summed E-state index contributed by atoms with van der Waals surface area (Å²) in [4.78, 5) is 30.9. The van der Waals surface area contributed by atoms with Crippen molar-refractivity contribution in [3.05, 3.63) is 46.5 Å². The van der Waals surface area contributed by atoms with Gasteiger partial charge in [-0.1, -0.05) is 31.2 Å². The molecule has 1 N–H and O–H groups in total. The number of hydrogen-bond donors (Lipinski definition) is 1. The lowest BCUT2D eigenvalue weighted by molar-refractivity contribution is -0.129. The van der Waals surface area contributed by atoms with Crippen molar-refractivity contribution in [3.8, 4) is 0 Å². The molecule has 0 aliphatic heterocycles. The molecule has 3 aliphatic carbocycles. The minimum Gasteiger partial charge on any atom is -0.302 e. The summed E-state index contributed by atoms with van der Waals surface area (Å²) < 4.78 is 0. The SMILES string of the molecule is Cc1cnc(NC(=O)CC[C@@H]2CC(=O)[C@@]3(C)CC[C@@H]4c5ccccc5CC[C@H]4[C@H]23)s1. The third-order valence-corrected chi connectivity index (χ3v) is 8.92. The van der Waals surface area contributed by atoms with Crippen LogP contribution < -0.4 is 5.32 Å². The first-order chi connectivity index (χ1) is 14.5. The molecule has 4 nitrogen and oxygen atoms in total. The van der Waals surface area contributed by atoms with Crippen molar-refractivity contribution in [1.29, 1.82) is 0 Å². The maximum atomic E-state index is 13.1. The van der Waals surface area contributed by atoms with Gasteiger partial charge in [0, 0.05) is 29.3 Å². The average Bonchev–Trinajstić information content (AvgIpc) is 3.26. The van der Waals surface area contributed by atoms with Crippen LogP contribution >= 0.6 is 11.3 Å². The van der Waals surface area contributed by atoms with Gasteiger partial charge in [0.15, 0.2) is 5.13 Å². The van der Waals surface area contributed by atoms with Crippen LogP contribution in [-0.4, -0.2) is 16.7 Å². The molecule has 2 fully saturated rings. The molecule has 5 atom stereocenters. The van der Waals surface area contributed by atoms with Crippen LogP contribution in [0, 0.1) is 30.1 Å². The Morgan fingerprint density at radius 3 is 2.93 bits per heavy atom. The molecule has 5 rings (SSSR count). The molecule has 0 unspecified atom stereocenters. The van der Waals surface area contributed by atoms with Gasteiger partial charge in [0.25, 0.3) is 0 Å². The fourth-order valence-electron chi connectivity index (χ4n) is 6.76. The molecule has 0 bridgehead atoms. The highest BCUT2D eigenvalue weighted by molar-refractivity contribution is 7.15. The maximum Gasteiger partial charge on any atom is 0.226 e. The molecule has 1 amide bonds. The van der Waals surface area contributed by atoms with Crippen LogP contribution in [-0.2, 0) is 16.0 Å². The fourth-order valence-corrected chi connectivity index (χ4v) is 7.44. The molecule has 30 heavy (non-hydrogen) atoms. The lowest BCUT2D eigenvalue weighted by Gasteiger charge is -2.50. The molecule has 0 saturated heterocycles. The summed E-state index contributed by atoms with van der Waals surface area (Å²) in [5, 5.41) is 3.60. The van der Waals surface area contributed by atoms with E-state index in [2.05, 4.69) is 41.5 Å². The predicted octanol–water partition coefficient (Wildman–Crippen LogP) is 5.52. The zero-order valence-corrected chi connectivity index (χ0v) is 18.6. The smallest absolute Gasteiger partial charge is 0.226 e. The van der Waals surface area contributed by atoms with Gasteiger partial charge < -0.3 is 5.32 Å². The Hall–Kier alpha value is -2.01. The second kappa shape index (κ2) is 7.60. The van der Waals surface area contributed by atoms with Gasteiger partial charge in [0.1, 0.15) is 5.78 Å². The van der Waals surface area contributed by atoms with Gasteiger partial charge in [0.2, 0.25) is 5.91 Å². The van der Waals surface area contributed by atoms with E-state index in [1.165, 1.54) is 28.9 Å². The van der Waals surface area contributed by atoms with Gasteiger partial charge in [-0.15, -0.1) is 11.3 Å². The normalized spacial score (nSPS) is 32.3. The quantitative estimate of drug-likeness (QED) is 0.705. The van der Waals surface area contributed by atoms with Crippen LogP contribution in [0.5, 0.6) is 0 Å². The van der Waals surface area contributed by atoms with E-state index in [1.807, 2.05) is 6.92 Å². The van der Waals surface area contributed by atoms with Crippen LogP contribution in [0.4, 0.5) is 5.13 Å². The van der Waals surface area contributed by atoms with Gasteiger partial charge in [-0.25, -0.2) is 4.98 Å². The van der Waals surface area contributed by atoms with Crippen molar-refractivity contribution >= 4 is 28.2 Å². The van der Waals surface area contributed by atoms with Crippen LogP contribution in [0.1, 0.15) is 67.4 Å². The highest BCUT2D eigenvalue weighted by atomic mass is 32.1. The lowest BCUT2D eigenvalue weighted by Crippen LogP contribution is -2.44. The van der Waals surface area contributed by atoms with Crippen molar-refractivity contribution in [2.45, 2.75) is 64.7 Å². The Morgan fingerprint density at radius 2 is 2.13 bits per heavy atom. The van der Waals surface area contributed by atoms with E-state index in [0.29, 0.717) is 47.4 Å². The standard InChI is InChI=1S/C25H30N2O2S/c1-15-14-26-24(30-15)27-22(29)10-8-17-13-21(28)25(2)12-11-19-18-6-4-3-5-16(18)7-9-20(19)23(17)25/h3-6,14,17,19-20,23H,7-13H2,1-2H3,(H,26,27,29)/t17-,19-,20-,23+,25-/m1/s1. The Bertz CT molecular complexity index is 983. The van der Waals surface area contributed by atoms with E-state index in [9.17, 15) is 9.59 Å². The van der Waals surface area contributed by atoms with E-state index >= 15 is 0 Å². The molecule has 0 spiro atoms. The number of ketones is 1. The molecule has 158 valence electrons. The molecule has 1 aromatic carbocycles. The summed E-state index contributed by atoms with van der Waals surface area (Å²) in [6, 6.07) is 8.90. The number of amides is 1. The number of rotatable bonds is 4. The Balaban J connectivity index is 1.33. The number of benzene rings is 1. The van der Waals surface area contributed by atoms with Crippen molar-refractivity contribution in [3.63, 3.8) is 0 Å². The van der Waals surface area contributed by atoms with Gasteiger partial charge in [-0.2, -0.15) is 0 Å². The number of carbonyl (C=O) groups excluding carboxylic acids is 2.